The van der Waals surface area contributed by atoms with E-state index in [-0.39, 0.29) is 25.0 Å². The second-order valence-corrected chi connectivity index (χ2v) is 9.95. The predicted molar refractivity (Wildman–Crippen MR) is 128 cm³/mol. The molecule has 2 amide bonds. The quantitative estimate of drug-likeness (QED) is 0.541. The second-order valence-electron chi connectivity index (χ2n) is 8.72. The van der Waals surface area contributed by atoms with Gasteiger partial charge in [-0.2, -0.15) is 0 Å². The number of benzene rings is 2. The number of rotatable bonds is 7. The van der Waals surface area contributed by atoms with Gasteiger partial charge in [-0.3, -0.25) is 9.59 Å². The maximum atomic E-state index is 13.1. The zero-order valence-electron chi connectivity index (χ0n) is 18.9. The molecule has 1 N–H and O–H groups in total. The van der Waals surface area contributed by atoms with Gasteiger partial charge in [-0.1, -0.05) is 39.7 Å². The van der Waals surface area contributed by atoms with Crippen LogP contribution in [0.4, 0.5) is 0 Å². The Hall–Kier alpha value is -2.05. The molecule has 0 heterocycles. The summed E-state index contributed by atoms with van der Waals surface area (Å²) >= 11 is 9.52. The molecular formula is C24H30BrClN2O3. The van der Waals surface area contributed by atoms with Gasteiger partial charge in [-0.15, -0.1) is 0 Å². The maximum Gasteiger partial charge on any atom is 0.261 e. The van der Waals surface area contributed by atoms with Crippen LogP contribution in [0.25, 0.3) is 0 Å². The molecule has 7 heteroatoms. The Kier molecular flexibility index (Phi) is 8.55. The molecule has 5 nitrogen and oxygen atoms in total. The largest absolute Gasteiger partial charge is 0.484 e. The molecule has 0 saturated carbocycles. The van der Waals surface area contributed by atoms with E-state index in [9.17, 15) is 9.59 Å². The van der Waals surface area contributed by atoms with Gasteiger partial charge in [0.25, 0.3) is 5.91 Å². The van der Waals surface area contributed by atoms with Crippen molar-refractivity contribution in [1.82, 2.24) is 10.2 Å². The van der Waals surface area contributed by atoms with E-state index in [1.807, 2.05) is 58.9 Å². The summed E-state index contributed by atoms with van der Waals surface area (Å²) in [6, 6.07) is 10.3. The summed E-state index contributed by atoms with van der Waals surface area (Å²) in [7, 11) is 0. The minimum atomic E-state index is -0.667. The van der Waals surface area contributed by atoms with E-state index in [1.165, 1.54) is 4.90 Å². The van der Waals surface area contributed by atoms with E-state index in [2.05, 4.69) is 21.2 Å². The zero-order chi connectivity index (χ0) is 23.3. The number of carbonyl (C=O) groups is 2. The first-order valence-electron chi connectivity index (χ1n) is 10.1. The van der Waals surface area contributed by atoms with Crippen LogP contribution in [0.3, 0.4) is 0 Å². The van der Waals surface area contributed by atoms with Crippen LogP contribution in [0.1, 0.15) is 44.4 Å². The van der Waals surface area contributed by atoms with Crippen molar-refractivity contribution in [1.29, 1.82) is 0 Å². The summed E-state index contributed by atoms with van der Waals surface area (Å²) in [6.45, 7) is 11.5. The molecule has 2 aromatic carbocycles. The lowest BCUT2D eigenvalue weighted by atomic mass is 10.1. The lowest BCUT2D eigenvalue weighted by Gasteiger charge is -2.31. The highest BCUT2D eigenvalue weighted by Gasteiger charge is 2.28. The number of nitrogens with one attached hydrogen (secondary N) is 1. The first-order valence-corrected chi connectivity index (χ1v) is 11.3. The average molecular weight is 510 g/mol. The third kappa shape index (κ3) is 7.54. The number of ether oxygens (including phenoxy) is 1. The van der Waals surface area contributed by atoms with Crippen molar-refractivity contribution in [2.24, 2.45) is 0 Å². The van der Waals surface area contributed by atoms with Gasteiger partial charge in [-0.25, -0.2) is 0 Å². The Labute approximate surface area is 198 Å². The van der Waals surface area contributed by atoms with Gasteiger partial charge >= 0.3 is 0 Å². The van der Waals surface area contributed by atoms with Crippen LogP contribution >= 0.6 is 27.5 Å². The topological polar surface area (TPSA) is 58.6 Å². The van der Waals surface area contributed by atoms with Crippen molar-refractivity contribution in [2.45, 2.75) is 59.7 Å². The van der Waals surface area contributed by atoms with E-state index in [1.54, 1.807) is 19.1 Å². The molecule has 31 heavy (non-hydrogen) atoms. The number of nitrogens with zero attached hydrogens (tertiary/aromatic N) is 1. The van der Waals surface area contributed by atoms with Crippen molar-refractivity contribution < 1.29 is 14.3 Å². The molecule has 0 radical (unpaired) electrons. The SMILES string of the molecule is Cc1cc(OCC(=O)N(Cc2ccc(Cl)cc2)[C@H](C)C(=O)NC(C)(C)C)cc(C)c1Br. The Morgan fingerprint density at radius 2 is 1.68 bits per heavy atom. The molecule has 0 spiro atoms. The molecule has 0 aliphatic carbocycles. The van der Waals surface area contributed by atoms with Gasteiger partial charge in [0.15, 0.2) is 6.61 Å². The number of hydrogen-bond acceptors (Lipinski definition) is 3. The molecule has 0 aliphatic rings. The monoisotopic (exact) mass is 508 g/mol. The van der Waals surface area contributed by atoms with Gasteiger partial charge < -0.3 is 15.0 Å². The Morgan fingerprint density at radius 3 is 2.19 bits per heavy atom. The molecule has 0 saturated heterocycles. The molecule has 0 unspecified atom stereocenters. The van der Waals surface area contributed by atoms with Crippen LogP contribution in [-0.2, 0) is 16.1 Å². The van der Waals surface area contributed by atoms with Gasteiger partial charge in [0.1, 0.15) is 11.8 Å². The minimum absolute atomic E-state index is 0.165. The van der Waals surface area contributed by atoms with Crippen molar-refractivity contribution in [3.8, 4) is 5.75 Å². The van der Waals surface area contributed by atoms with E-state index >= 15 is 0 Å². The molecule has 1 atom stereocenters. The molecule has 0 bridgehead atoms. The number of aryl methyl sites for hydroxylation is 2. The standard InChI is InChI=1S/C24H30BrClN2O3/c1-15-11-20(12-16(2)22(15)25)31-14-21(29)28(13-18-7-9-19(26)10-8-18)17(3)23(30)27-24(4,5)6/h7-12,17H,13-14H2,1-6H3,(H,27,30)/t17-/m1/s1. The third-order valence-electron chi connectivity index (χ3n) is 4.70. The summed E-state index contributed by atoms with van der Waals surface area (Å²) < 4.78 is 6.80. The number of amides is 2. The Balaban J connectivity index is 2.20. The summed E-state index contributed by atoms with van der Waals surface area (Å²) in [5.41, 5.74) is 2.53. The molecular weight excluding hydrogens is 480 g/mol. The summed E-state index contributed by atoms with van der Waals surface area (Å²) in [4.78, 5) is 27.4. The molecule has 168 valence electrons. The number of halogens is 2. The first-order chi connectivity index (χ1) is 14.4. The van der Waals surface area contributed by atoms with Crippen LogP contribution in [0, 0.1) is 13.8 Å². The molecule has 0 fully saturated rings. The zero-order valence-corrected chi connectivity index (χ0v) is 21.2. The van der Waals surface area contributed by atoms with Crippen LogP contribution < -0.4 is 10.1 Å². The van der Waals surface area contributed by atoms with E-state index in [4.69, 9.17) is 16.3 Å². The minimum Gasteiger partial charge on any atom is -0.484 e. The highest BCUT2D eigenvalue weighted by Crippen LogP contribution is 2.26. The van der Waals surface area contributed by atoms with Crippen molar-refractivity contribution >= 4 is 39.3 Å². The Bertz CT molecular complexity index is 916. The number of hydrogen-bond donors (Lipinski definition) is 1. The molecule has 2 aromatic rings. The van der Waals surface area contributed by atoms with Crippen LogP contribution in [0.5, 0.6) is 5.75 Å². The van der Waals surface area contributed by atoms with Gasteiger partial charge in [0.05, 0.1) is 0 Å². The second kappa shape index (κ2) is 10.5. The van der Waals surface area contributed by atoms with Crippen molar-refractivity contribution in [3.05, 3.63) is 62.6 Å². The molecule has 0 aliphatic heterocycles. The number of carbonyl (C=O) groups excluding carboxylic acids is 2. The fourth-order valence-corrected chi connectivity index (χ4v) is 3.42. The van der Waals surface area contributed by atoms with Gasteiger partial charge in [-0.05, 0) is 82.5 Å². The summed E-state index contributed by atoms with van der Waals surface area (Å²) in [6.07, 6.45) is 0. The van der Waals surface area contributed by atoms with Gasteiger partial charge in [0.2, 0.25) is 5.91 Å². The normalized spacial score (nSPS) is 12.3. The van der Waals surface area contributed by atoms with Crippen molar-refractivity contribution in [3.63, 3.8) is 0 Å². The fraction of sp³-hybridized carbons (Fsp3) is 0.417. The highest BCUT2D eigenvalue weighted by atomic mass is 79.9. The van der Waals surface area contributed by atoms with Crippen molar-refractivity contribution in [2.75, 3.05) is 6.61 Å². The third-order valence-corrected chi connectivity index (χ3v) is 6.21. The summed E-state index contributed by atoms with van der Waals surface area (Å²) in [5.74, 6) is 0.125. The van der Waals surface area contributed by atoms with E-state index in [0.29, 0.717) is 10.8 Å². The van der Waals surface area contributed by atoms with Gasteiger partial charge in [0, 0.05) is 21.6 Å². The van der Waals surface area contributed by atoms with E-state index < -0.39 is 11.6 Å². The average Bonchev–Trinajstić information content (AvgIpc) is 2.67. The molecule has 0 aromatic heterocycles. The molecule has 2 rings (SSSR count). The van der Waals surface area contributed by atoms with Crippen LogP contribution in [0.2, 0.25) is 5.02 Å². The lowest BCUT2D eigenvalue weighted by molar-refractivity contribution is -0.142. The summed E-state index contributed by atoms with van der Waals surface area (Å²) in [5, 5.41) is 3.56. The fourth-order valence-electron chi connectivity index (χ4n) is 3.06. The van der Waals surface area contributed by atoms with Crippen LogP contribution in [0.15, 0.2) is 40.9 Å². The Morgan fingerprint density at radius 1 is 1.13 bits per heavy atom. The maximum absolute atomic E-state index is 13.1. The smallest absolute Gasteiger partial charge is 0.261 e. The predicted octanol–water partition coefficient (Wildman–Crippen LogP) is 5.43. The van der Waals surface area contributed by atoms with E-state index in [0.717, 1.165) is 21.2 Å². The highest BCUT2D eigenvalue weighted by molar-refractivity contribution is 9.10. The first kappa shape index (κ1) is 25.2. The van der Waals surface area contributed by atoms with Crippen LogP contribution in [-0.4, -0.2) is 34.9 Å². The lowest BCUT2D eigenvalue weighted by Crippen LogP contribution is -2.53.